The number of urea groups is 1. The lowest BCUT2D eigenvalue weighted by Gasteiger charge is -2.39. The fourth-order valence-electron chi connectivity index (χ4n) is 5.45. The van der Waals surface area contributed by atoms with Gasteiger partial charge in [0.15, 0.2) is 0 Å². The van der Waals surface area contributed by atoms with Crippen LogP contribution in [0.4, 0.5) is 21.9 Å². The van der Waals surface area contributed by atoms with Gasteiger partial charge in [-0.2, -0.15) is 0 Å². The summed E-state index contributed by atoms with van der Waals surface area (Å²) in [7, 11) is 1.82. The second-order valence-corrected chi connectivity index (χ2v) is 9.69. The first-order valence-corrected chi connectivity index (χ1v) is 13.1. The predicted molar refractivity (Wildman–Crippen MR) is 142 cm³/mol. The second-order valence-electron chi connectivity index (χ2n) is 9.69. The maximum absolute atomic E-state index is 13.5. The third kappa shape index (κ3) is 5.70. The number of likely N-dealkylation sites (tertiary alicyclic amines) is 1. The van der Waals surface area contributed by atoms with E-state index >= 15 is 0 Å². The molecule has 3 heterocycles. The summed E-state index contributed by atoms with van der Waals surface area (Å²) in [4.78, 5) is 33.1. The van der Waals surface area contributed by atoms with Crippen molar-refractivity contribution in [2.45, 2.75) is 52.0 Å². The van der Waals surface area contributed by atoms with E-state index in [0.717, 1.165) is 32.7 Å². The Balaban J connectivity index is 1.44. The number of hydrogen-bond acceptors (Lipinski definition) is 4. The van der Waals surface area contributed by atoms with Crippen molar-refractivity contribution in [2.24, 2.45) is 7.05 Å². The van der Waals surface area contributed by atoms with Crippen LogP contribution in [-0.4, -0.2) is 71.6 Å². The summed E-state index contributed by atoms with van der Waals surface area (Å²) in [5.41, 5.74) is 2.37. The lowest BCUT2D eigenvalue weighted by Crippen LogP contribution is -2.50. The van der Waals surface area contributed by atoms with Gasteiger partial charge in [-0.15, -0.1) is 0 Å². The largest absolute Gasteiger partial charge is 0.345 e. The monoisotopic (exact) mass is 480 g/mol. The normalized spacial score (nSPS) is 18.1. The van der Waals surface area contributed by atoms with E-state index in [9.17, 15) is 9.59 Å². The van der Waals surface area contributed by atoms with Gasteiger partial charge in [-0.1, -0.05) is 32.4 Å². The number of rotatable bonds is 9. The third-order valence-electron chi connectivity index (χ3n) is 7.08. The number of carbonyl (C=O) groups is 2. The summed E-state index contributed by atoms with van der Waals surface area (Å²) in [6.45, 7) is 10.4. The molecule has 1 aromatic heterocycles. The van der Waals surface area contributed by atoms with Crippen LogP contribution >= 0.6 is 0 Å². The molecule has 3 amide bonds. The molecule has 35 heavy (non-hydrogen) atoms. The fourth-order valence-corrected chi connectivity index (χ4v) is 5.45. The van der Waals surface area contributed by atoms with Crippen molar-refractivity contribution < 1.29 is 9.59 Å². The molecule has 0 saturated carbocycles. The van der Waals surface area contributed by atoms with E-state index in [1.807, 2.05) is 43.6 Å². The number of anilines is 3. The van der Waals surface area contributed by atoms with Gasteiger partial charge in [-0.25, -0.2) is 4.79 Å². The summed E-state index contributed by atoms with van der Waals surface area (Å²) in [5.74, 6) is -0.213. The van der Waals surface area contributed by atoms with Crippen LogP contribution in [-0.2, 0) is 7.05 Å². The SMILES string of the molecule is CCCN(CCC)CC1CCCCN1CCNC(=O)N1c2ccccc2NC(=O)c2c1ccn2C. The zero-order chi connectivity index (χ0) is 24.8. The Kier molecular flexibility index (Phi) is 8.46. The zero-order valence-electron chi connectivity index (χ0n) is 21.4. The summed E-state index contributed by atoms with van der Waals surface area (Å²) in [6.07, 6.45) is 7.89. The van der Waals surface area contributed by atoms with Crippen LogP contribution < -0.4 is 15.5 Å². The van der Waals surface area contributed by atoms with E-state index in [-0.39, 0.29) is 11.9 Å². The van der Waals surface area contributed by atoms with E-state index in [4.69, 9.17) is 0 Å². The van der Waals surface area contributed by atoms with Crippen molar-refractivity contribution in [3.05, 3.63) is 42.2 Å². The molecule has 2 aromatic rings. The highest BCUT2D eigenvalue weighted by atomic mass is 16.2. The summed E-state index contributed by atoms with van der Waals surface area (Å²) >= 11 is 0. The van der Waals surface area contributed by atoms with Crippen molar-refractivity contribution in [1.82, 2.24) is 19.7 Å². The van der Waals surface area contributed by atoms with Gasteiger partial charge < -0.3 is 20.1 Å². The molecular weight excluding hydrogens is 440 g/mol. The van der Waals surface area contributed by atoms with Crippen molar-refractivity contribution >= 4 is 29.0 Å². The van der Waals surface area contributed by atoms with Crippen LogP contribution in [0.2, 0.25) is 0 Å². The molecule has 1 aromatic carbocycles. The summed E-state index contributed by atoms with van der Waals surface area (Å²) in [6, 6.07) is 9.60. The molecule has 1 atom stereocenters. The number of aryl methyl sites for hydroxylation is 1. The number of fused-ring (bicyclic) bond motifs is 2. The van der Waals surface area contributed by atoms with Gasteiger partial charge in [0.1, 0.15) is 5.69 Å². The first-order valence-electron chi connectivity index (χ1n) is 13.1. The Morgan fingerprint density at radius 3 is 2.66 bits per heavy atom. The Labute approximate surface area is 209 Å². The second kappa shape index (κ2) is 11.7. The van der Waals surface area contributed by atoms with Crippen LogP contribution in [0.15, 0.2) is 36.5 Å². The van der Waals surface area contributed by atoms with Crippen LogP contribution in [0.5, 0.6) is 0 Å². The van der Waals surface area contributed by atoms with E-state index < -0.39 is 0 Å². The molecule has 0 bridgehead atoms. The minimum Gasteiger partial charge on any atom is -0.345 e. The van der Waals surface area contributed by atoms with Gasteiger partial charge in [0.2, 0.25) is 0 Å². The predicted octanol–water partition coefficient (Wildman–Crippen LogP) is 4.42. The minimum atomic E-state index is -0.214. The Morgan fingerprint density at radius 2 is 1.89 bits per heavy atom. The van der Waals surface area contributed by atoms with Crippen molar-refractivity contribution in [2.75, 3.05) is 49.5 Å². The quantitative estimate of drug-likeness (QED) is 0.558. The molecule has 1 fully saturated rings. The standard InChI is InChI=1S/C27H40N6O2/c1-4-15-31(16-5-2)20-21-10-8-9-17-32(21)19-14-28-27(35)33-23-12-7-6-11-22(23)29-26(34)25-24(33)13-18-30(25)3/h6-7,11-13,18,21H,4-5,8-10,14-17,19-20H2,1-3H3,(H,28,35)(H,29,34). The average molecular weight is 481 g/mol. The lowest BCUT2D eigenvalue weighted by molar-refractivity contribution is 0.102. The molecule has 1 unspecified atom stereocenters. The molecule has 2 N–H and O–H groups in total. The van der Waals surface area contributed by atoms with Gasteiger partial charge in [0.25, 0.3) is 5.91 Å². The number of amides is 3. The Morgan fingerprint density at radius 1 is 1.11 bits per heavy atom. The number of nitrogens with one attached hydrogen (secondary N) is 2. The highest BCUT2D eigenvalue weighted by Gasteiger charge is 2.31. The number of nitrogens with zero attached hydrogens (tertiary/aromatic N) is 4. The molecule has 190 valence electrons. The first kappa shape index (κ1) is 25.3. The molecular formula is C27H40N6O2. The van der Waals surface area contributed by atoms with Crippen LogP contribution in [0.25, 0.3) is 0 Å². The number of hydrogen-bond donors (Lipinski definition) is 2. The molecule has 0 spiro atoms. The number of piperidine rings is 1. The average Bonchev–Trinajstić information content (AvgIpc) is 3.16. The molecule has 2 aliphatic heterocycles. The molecule has 0 aliphatic carbocycles. The van der Waals surface area contributed by atoms with Crippen LogP contribution in [0.1, 0.15) is 56.4 Å². The summed E-state index contributed by atoms with van der Waals surface area (Å²) in [5, 5.41) is 6.09. The van der Waals surface area contributed by atoms with E-state index in [0.29, 0.717) is 35.3 Å². The number of para-hydroxylation sites is 2. The molecule has 4 rings (SSSR count). The molecule has 8 heteroatoms. The van der Waals surface area contributed by atoms with Gasteiger partial charge in [0.05, 0.1) is 17.1 Å². The molecule has 2 aliphatic rings. The van der Waals surface area contributed by atoms with Crippen LogP contribution in [0, 0.1) is 0 Å². The van der Waals surface area contributed by atoms with Crippen molar-refractivity contribution in [3.8, 4) is 0 Å². The highest BCUT2D eigenvalue weighted by molar-refractivity contribution is 6.16. The van der Waals surface area contributed by atoms with E-state index in [1.54, 1.807) is 9.47 Å². The maximum Gasteiger partial charge on any atom is 0.326 e. The van der Waals surface area contributed by atoms with Gasteiger partial charge in [-0.05, 0) is 63.5 Å². The minimum absolute atomic E-state index is 0.213. The Bertz CT molecular complexity index is 1010. The highest BCUT2D eigenvalue weighted by Crippen LogP contribution is 2.38. The lowest BCUT2D eigenvalue weighted by atomic mass is 10.0. The smallest absolute Gasteiger partial charge is 0.326 e. The van der Waals surface area contributed by atoms with Gasteiger partial charge >= 0.3 is 6.03 Å². The van der Waals surface area contributed by atoms with Gasteiger partial charge in [-0.3, -0.25) is 14.6 Å². The zero-order valence-corrected chi connectivity index (χ0v) is 21.4. The topological polar surface area (TPSA) is 72.8 Å². The first-order chi connectivity index (χ1) is 17.0. The van der Waals surface area contributed by atoms with Gasteiger partial charge in [0, 0.05) is 38.9 Å². The molecule has 0 radical (unpaired) electrons. The number of aromatic nitrogens is 1. The summed E-state index contributed by atoms with van der Waals surface area (Å²) < 4.78 is 1.76. The molecule has 1 saturated heterocycles. The molecule has 8 nitrogen and oxygen atoms in total. The van der Waals surface area contributed by atoms with E-state index in [1.165, 1.54) is 32.1 Å². The van der Waals surface area contributed by atoms with Crippen molar-refractivity contribution in [1.29, 1.82) is 0 Å². The maximum atomic E-state index is 13.5. The van der Waals surface area contributed by atoms with E-state index in [2.05, 4.69) is 34.3 Å². The fraction of sp³-hybridized carbons (Fsp3) is 0.556. The number of carbonyl (C=O) groups excluding carboxylic acids is 2. The Hall–Kier alpha value is -2.84. The third-order valence-corrected chi connectivity index (χ3v) is 7.08. The van der Waals surface area contributed by atoms with Crippen molar-refractivity contribution in [3.63, 3.8) is 0 Å². The number of benzene rings is 1. The van der Waals surface area contributed by atoms with Crippen LogP contribution in [0.3, 0.4) is 0 Å².